The van der Waals surface area contributed by atoms with Crippen molar-refractivity contribution >= 4 is 21.4 Å². The van der Waals surface area contributed by atoms with E-state index in [-0.39, 0.29) is 17.7 Å². The largest absolute Gasteiger partial charge is 0.326 e. The lowest BCUT2D eigenvalue weighted by Gasteiger charge is -2.22. The molecule has 1 aliphatic rings. The Morgan fingerprint density at radius 1 is 1.33 bits per heavy atom. The molecule has 21 heavy (non-hydrogen) atoms. The number of hydrogen-bond acceptors (Lipinski definition) is 4. The maximum Gasteiger partial charge on any atom is 0.224 e. The average Bonchev–Trinajstić information content (AvgIpc) is 2.41. The van der Waals surface area contributed by atoms with Gasteiger partial charge < -0.3 is 10.6 Å². The average molecular weight is 310 g/mol. The van der Waals surface area contributed by atoms with Crippen molar-refractivity contribution in [2.24, 2.45) is 0 Å². The number of anilines is 1. The molecule has 1 aromatic rings. The summed E-state index contributed by atoms with van der Waals surface area (Å²) in [5, 5.41) is 6.13. The summed E-state index contributed by atoms with van der Waals surface area (Å²) in [6.45, 7) is 2.82. The van der Waals surface area contributed by atoms with Crippen LogP contribution in [0, 0.1) is 0 Å². The molecule has 6 heteroatoms. The minimum atomic E-state index is -3.06. The number of carbonyl (C=O) groups excluding carboxylic acids is 1. The molecule has 0 fully saturated rings. The molecule has 1 heterocycles. The zero-order valence-electron chi connectivity index (χ0n) is 12.5. The normalized spacial score (nSPS) is 16.2. The van der Waals surface area contributed by atoms with Crippen molar-refractivity contribution in [3.05, 3.63) is 29.3 Å². The molecule has 1 unspecified atom stereocenters. The lowest BCUT2D eigenvalue weighted by atomic mass is 9.97. The Kier molecular flexibility index (Phi) is 5.00. The lowest BCUT2D eigenvalue weighted by molar-refractivity contribution is -0.116. The Hall–Kier alpha value is -1.40. The van der Waals surface area contributed by atoms with Crippen molar-refractivity contribution in [2.75, 3.05) is 23.9 Å². The summed E-state index contributed by atoms with van der Waals surface area (Å²) >= 11 is 0. The molecule has 0 saturated heterocycles. The van der Waals surface area contributed by atoms with Crippen LogP contribution in [-0.2, 0) is 21.1 Å². The monoisotopic (exact) mass is 310 g/mol. The number of sulfone groups is 1. The number of hydrogen-bond donors (Lipinski definition) is 2. The number of amides is 1. The SMILES string of the molecule is CCCNC(CS(C)(=O)=O)c1ccc2c(c1)CCC(=O)N2. The molecule has 0 aromatic heterocycles. The summed E-state index contributed by atoms with van der Waals surface area (Å²) in [4.78, 5) is 11.4. The van der Waals surface area contributed by atoms with E-state index in [1.54, 1.807) is 0 Å². The summed E-state index contributed by atoms with van der Waals surface area (Å²) in [7, 11) is -3.06. The zero-order valence-corrected chi connectivity index (χ0v) is 13.3. The zero-order chi connectivity index (χ0) is 15.5. The highest BCUT2D eigenvalue weighted by atomic mass is 32.2. The first-order valence-electron chi connectivity index (χ1n) is 7.23. The molecule has 5 nitrogen and oxygen atoms in total. The van der Waals surface area contributed by atoms with Crippen LogP contribution in [0.15, 0.2) is 18.2 Å². The molecule has 1 aliphatic heterocycles. The molecule has 1 atom stereocenters. The van der Waals surface area contributed by atoms with Crippen molar-refractivity contribution in [1.82, 2.24) is 5.32 Å². The molecule has 0 bridgehead atoms. The van der Waals surface area contributed by atoms with Crippen molar-refractivity contribution in [3.63, 3.8) is 0 Å². The van der Waals surface area contributed by atoms with E-state index in [1.807, 2.05) is 25.1 Å². The molecule has 2 rings (SSSR count). The van der Waals surface area contributed by atoms with Crippen molar-refractivity contribution in [1.29, 1.82) is 0 Å². The van der Waals surface area contributed by atoms with Crippen LogP contribution in [0.3, 0.4) is 0 Å². The minimum absolute atomic E-state index is 0.0343. The van der Waals surface area contributed by atoms with Gasteiger partial charge in [-0.25, -0.2) is 8.42 Å². The molecule has 116 valence electrons. The fourth-order valence-electron chi connectivity index (χ4n) is 2.51. The Balaban J connectivity index is 2.25. The van der Waals surface area contributed by atoms with Gasteiger partial charge >= 0.3 is 0 Å². The quantitative estimate of drug-likeness (QED) is 0.838. The van der Waals surface area contributed by atoms with E-state index < -0.39 is 9.84 Å². The van der Waals surface area contributed by atoms with Crippen LogP contribution < -0.4 is 10.6 Å². The fourth-order valence-corrected chi connectivity index (χ4v) is 3.43. The third-order valence-corrected chi connectivity index (χ3v) is 4.48. The molecule has 2 N–H and O–H groups in total. The van der Waals surface area contributed by atoms with Gasteiger partial charge in [-0.05, 0) is 36.6 Å². The third-order valence-electron chi connectivity index (χ3n) is 3.54. The first-order valence-corrected chi connectivity index (χ1v) is 9.29. The first-order chi connectivity index (χ1) is 9.89. The smallest absolute Gasteiger partial charge is 0.224 e. The van der Waals surface area contributed by atoms with E-state index in [2.05, 4.69) is 10.6 Å². The van der Waals surface area contributed by atoms with Crippen LogP contribution in [0.1, 0.15) is 36.9 Å². The van der Waals surface area contributed by atoms with Gasteiger partial charge in [-0.1, -0.05) is 19.1 Å². The van der Waals surface area contributed by atoms with Gasteiger partial charge in [0.15, 0.2) is 0 Å². The number of aryl methyl sites for hydroxylation is 1. The van der Waals surface area contributed by atoms with Crippen molar-refractivity contribution in [3.8, 4) is 0 Å². The Morgan fingerprint density at radius 2 is 2.10 bits per heavy atom. The van der Waals surface area contributed by atoms with Crippen LogP contribution in [0.25, 0.3) is 0 Å². The topological polar surface area (TPSA) is 75.3 Å². The van der Waals surface area contributed by atoms with E-state index in [9.17, 15) is 13.2 Å². The van der Waals surface area contributed by atoms with Crippen LogP contribution in [0.2, 0.25) is 0 Å². The molecular weight excluding hydrogens is 288 g/mol. The number of carbonyl (C=O) groups is 1. The molecule has 1 aromatic carbocycles. The maximum atomic E-state index is 11.6. The standard InChI is InChI=1S/C15H22N2O3S/c1-3-8-16-14(10-21(2,19)20)12-4-6-13-11(9-12)5-7-15(18)17-13/h4,6,9,14,16H,3,5,7-8,10H2,1-2H3,(H,17,18). The number of fused-ring (bicyclic) bond motifs is 1. The highest BCUT2D eigenvalue weighted by Gasteiger charge is 2.20. The highest BCUT2D eigenvalue weighted by Crippen LogP contribution is 2.26. The molecule has 1 amide bonds. The van der Waals surface area contributed by atoms with Crippen molar-refractivity contribution < 1.29 is 13.2 Å². The Bertz CT molecular complexity index is 626. The van der Waals surface area contributed by atoms with Crippen LogP contribution in [0.5, 0.6) is 0 Å². The van der Waals surface area contributed by atoms with Gasteiger partial charge in [0.2, 0.25) is 5.91 Å². The van der Waals surface area contributed by atoms with Gasteiger partial charge in [-0.2, -0.15) is 0 Å². The summed E-state index contributed by atoms with van der Waals surface area (Å²) in [5.74, 6) is 0.116. The van der Waals surface area contributed by atoms with E-state index >= 15 is 0 Å². The molecule has 0 aliphatic carbocycles. The minimum Gasteiger partial charge on any atom is -0.326 e. The summed E-state index contributed by atoms with van der Waals surface area (Å²) in [5.41, 5.74) is 2.87. The second kappa shape index (κ2) is 6.58. The summed E-state index contributed by atoms with van der Waals surface area (Å²) < 4.78 is 23.2. The molecule has 0 spiro atoms. The van der Waals surface area contributed by atoms with Gasteiger partial charge in [0.05, 0.1) is 5.75 Å². The highest BCUT2D eigenvalue weighted by molar-refractivity contribution is 7.90. The predicted molar refractivity (Wildman–Crippen MR) is 84.1 cm³/mol. The summed E-state index contributed by atoms with van der Waals surface area (Å²) in [6.07, 6.45) is 3.39. The summed E-state index contributed by atoms with van der Waals surface area (Å²) in [6, 6.07) is 5.56. The van der Waals surface area contributed by atoms with Crippen molar-refractivity contribution in [2.45, 2.75) is 32.2 Å². The van der Waals surface area contributed by atoms with E-state index in [1.165, 1.54) is 6.26 Å². The molecule has 0 saturated carbocycles. The maximum absolute atomic E-state index is 11.6. The van der Waals surface area contributed by atoms with Crippen LogP contribution in [-0.4, -0.2) is 32.9 Å². The van der Waals surface area contributed by atoms with Crippen LogP contribution >= 0.6 is 0 Å². The van der Waals surface area contributed by atoms with E-state index in [0.717, 1.165) is 29.8 Å². The third kappa shape index (κ3) is 4.54. The lowest BCUT2D eigenvalue weighted by Crippen LogP contribution is -2.29. The molecule has 0 radical (unpaired) electrons. The van der Waals surface area contributed by atoms with Gasteiger partial charge in [-0.15, -0.1) is 0 Å². The van der Waals surface area contributed by atoms with E-state index in [4.69, 9.17) is 0 Å². The second-order valence-corrected chi connectivity index (χ2v) is 7.75. The van der Waals surface area contributed by atoms with Gasteiger partial charge in [0.25, 0.3) is 0 Å². The van der Waals surface area contributed by atoms with Gasteiger partial charge in [-0.3, -0.25) is 4.79 Å². The predicted octanol–water partition coefficient (Wildman–Crippen LogP) is 1.66. The van der Waals surface area contributed by atoms with E-state index in [0.29, 0.717) is 12.8 Å². The second-order valence-electron chi connectivity index (χ2n) is 5.56. The number of rotatable bonds is 6. The number of benzene rings is 1. The van der Waals surface area contributed by atoms with Crippen LogP contribution in [0.4, 0.5) is 5.69 Å². The fraction of sp³-hybridized carbons (Fsp3) is 0.533. The van der Waals surface area contributed by atoms with Gasteiger partial charge in [0.1, 0.15) is 9.84 Å². The Labute approximate surface area is 126 Å². The van der Waals surface area contributed by atoms with Gasteiger partial charge in [0, 0.05) is 24.4 Å². The Morgan fingerprint density at radius 3 is 2.76 bits per heavy atom. The molecular formula is C15H22N2O3S. The number of nitrogens with one attached hydrogen (secondary N) is 2. The first kappa shape index (κ1) is 16.0.